The van der Waals surface area contributed by atoms with Gasteiger partial charge < -0.3 is 10.2 Å². The van der Waals surface area contributed by atoms with Crippen LogP contribution < -0.4 is 0 Å². The molecule has 3 saturated carbocycles. The Kier molecular flexibility index (Phi) is 8.17. The van der Waals surface area contributed by atoms with Crippen LogP contribution in [0.1, 0.15) is 59.8 Å². The van der Waals surface area contributed by atoms with Crippen LogP contribution in [-0.4, -0.2) is 59.0 Å². The third-order valence-corrected chi connectivity index (χ3v) is 10.8. The molecule has 1 heterocycles. The van der Waals surface area contributed by atoms with E-state index in [9.17, 15) is 19.8 Å². The summed E-state index contributed by atoms with van der Waals surface area (Å²) in [7, 11) is 0. The largest absolute Gasteiger partial charge is 0.393 e. The fourth-order valence-corrected chi connectivity index (χ4v) is 9.28. The van der Waals surface area contributed by atoms with Gasteiger partial charge in [0.25, 0.3) is 0 Å². The Bertz CT molecular complexity index is 1030. The van der Waals surface area contributed by atoms with Crippen molar-refractivity contribution in [1.82, 2.24) is 4.90 Å². The number of aliphatic hydroxyl groups is 2. The van der Waals surface area contributed by atoms with Gasteiger partial charge in [0.05, 0.1) is 11.5 Å². The first-order chi connectivity index (χ1) is 17.4. The van der Waals surface area contributed by atoms with Gasteiger partial charge in [-0.05, 0) is 96.7 Å². The second-order valence-electron chi connectivity index (χ2n) is 12.7. The van der Waals surface area contributed by atoms with Crippen LogP contribution in [0, 0.1) is 39.9 Å². The number of carbonyl (C=O) groups is 2. The second kappa shape index (κ2) is 10.6. The number of likely N-dealkylation sites (tertiary alicyclic amines) is 1. The standard InChI is InChI=1S/C31H45NO4S/c1-6-22(10-9-21(3)37)16-32-17-23-14-25-24-8-7-12-29(4,13-11-20(2)34)28(24)26(35)15-30(25,5)31(23,19-32)27(36)18-33/h6,9-11,13,23-26,28,33,35,37H,3,7-8,12,14-19H2,1-2,4-5H3/b10-9-,13-11-,22-6+/t23-,24?,25-,26?,28?,29?,30?,31+/m0/s1. The molecule has 3 aliphatic carbocycles. The summed E-state index contributed by atoms with van der Waals surface area (Å²) in [5.74, 6) is 0.850. The Hall–Kier alpha value is -1.47. The van der Waals surface area contributed by atoms with Gasteiger partial charge in [-0.2, -0.15) is 0 Å². The predicted molar refractivity (Wildman–Crippen MR) is 151 cm³/mol. The van der Waals surface area contributed by atoms with Crippen LogP contribution in [0.2, 0.25) is 0 Å². The molecule has 8 atom stereocenters. The lowest BCUT2D eigenvalue weighted by atomic mass is 9.45. The number of hydrogen-bond donors (Lipinski definition) is 3. The zero-order valence-corrected chi connectivity index (χ0v) is 23.8. The van der Waals surface area contributed by atoms with E-state index in [0.717, 1.165) is 44.3 Å². The van der Waals surface area contributed by atoms with Gasteiger partial charge in [0, 0.05) is 19.6 Å². The molecule has 4 fully saturated rings. The maximum absolute atomic E-state index is 13.7. The number of Topliss-reactive ketones (excluding diaryl/α,β-unsaturated/α-hetero) is 1. The average Bonchev–Trinajstić information content (AvgIpc) is 3.32. The van der Waals surface area contributed by atoms with Gasteiger partial charge in [-0.3, -0.25) is 14.5 Å². The number of allylic oxidation sites excluding steroid dienone is 4. The third-order valence-electron chi connectivity index (χ3n) is 10.7. The number of fused-ring (bicyclic) bond motifs is 5. The van der Waals surface area contributed by atoms with Crippen molar-refractivity contribution in [3.8, 4) is 0 Å². The van der Waals surface area contributed by atoms with Crippen molar-refractivity contribution >= 4 is 24.2 Å². The normalized spacial score (nSPS) is 42.1. The SMILES string of the molecule is C=C(S)/C=C\C(=C/C)CN1C[C@@H]2C[C@H]3C4CCCC(C)(/C=C\C(C)=O)C4C(O)CC3(C)[C@]2(C(=O)CO)C1. The highest BCUT2D eigenvalue weighted by molar-refractivity contribution is 7.84. The van der Waals surface area contributed by atoms with Crippen LogP contribution in [0.3, 0.4) is 0 Å². The van der Waals surface area contributed by atoms with E-state index in [-0.39, 0.29) is 34.2 Å². The molecule has 1 aliphatic heterocycles. The lowest BCUT2D eigenvalue weighted by molar-refractivity contribution is -0.163. The first-order valence-electron chi connectivity index (χ1n) is 13.9. The maximum Gasteiger partial charge on any atom is 0.166 e. The van der Waals surface area contributed by atoms with Gasteiger partial charge in [-0.15, -0.1) is 12.6 Å². The number of hydrogen-bond acceptors (Lipinski definition) is 6. The van der Waals surface area contributed by atoms with Crippen LogP contribution in [0.25, 0.3) is 0 Å². The third kappa shape index (κ3) is 4.77. The smallest absolute Gasteiger partial charge is 0.166 e. The molecule has 6 heteroatoms. The number of ketones is 2. The van der Waals surface area contributed by atoms with E-state index in [1.54, 1.807) is 13.0 Å². The highest BCUT2D eigenvalue weighted by Crippen LogP contribution is 2.72. The summed E-state index contributed by atoms with van der Waals surface area (Å²) >= 11 is 4.27. The molecule has 0 radical (unpaired) electrons. The molecule has 0 spiro atoms. The van der Waals surface area contributed by atoms with E-state index in [0.29, 0.717) is 29.7 Å². The van der Waals surface area contributed by atoms with Crippen LogP contribution in [0.15, 0.2) is 47.4 Å². The molecule has 4 aliphatic rings. The Morgan fingerprint density at radius 2 is 1.95 bits per heavy atom. The number of aliphatic hydroxyl groups excluding tert-OH is 2. The Morgan fingerprint density at radius 1 is 1.22 bits per heavy atom. The molecule has 2 N–H and O–H groups in total. The monoisotopic (exact) mass is 527 g/mol. The lowest BCUT2D eigenvalue weighted by Crippen LogP contribution is -2.60. The fourth-order valence-electron chi connectivity index (χ4n) is 9.21. The zero-order chi connectivity index (χ0) is 27.2. The maximum atomic E-state index is 13.7. The minimum absolute atomic E-state index is 0.0375. The molecule has 204 valence electrons. The highest BCUT2D eigenvalue weighted by Gasteiger charge is 2.72. The van der Waals surface area contributed by atoms with Gasteiger partial charge in [0.2, 0.25) is 0 Å². The first kappa shape index (κ1) is 28.5. The van der Waals surface area contributed by atoms with Crippen LogP contribution in [-0.2, 0) is 9.59 Å². The number of nitrogens with zero attached hydrogens (tertiary/aromatic N) is 1. The minimum Gasteiger partial charge on any atom is -0.393 e. The van der Waals surface area contributed by atoms with Crippen LogP contribution in [0.4, 0.5) is 0 Å². The van der Waals surface area contributed by atoms with Crippen LogP contribution in [0.5, 0.6) is 0 Å². The molecule has 0 bridgehead atoms. The van der Waals surface area contributed by atoms with Crippen molar-refractivity contribution in [2.45, 2.75) is 65.9 Å². The van der Waals surface area contributed by atoms with Crippen molar-refractivity contribution in [2.75, 3.05) is 26.2 Å². The quantitative estimate of drug-likeness (QED) is 0.241. The van der Waals surface area contributed by atoms with Crippen molar-refractivity contribution in [2.24, 2.45) is 39.9 Å². The van der Waals surface area contributed by atoms with Gasteiger partial charge in [-0.1, -0.05) is 45.1 Å². The summed E-state index contributed by atoms with van der Waals surface area (Å²) in [5.41, 5.74) is -0.109. The van der Waals surface area contributed by atoms with Crippen molar-refractivity contribution < 1.29 is 19.8 Å². The molecular weight excluding hydrogens is 482 g/mol. The fraction of sp³-hybridized carbons (Fsp3) is 0.677. The topological polar surface area (TPSA) is 77.8 Å². The Morgan fingerprint density at radius 3 is 2.57 bits per heavy atom. The number of thiol groups is 1. The number of rotatable bonds is 8. The molecule has 5 nitrogen and oxygen atoms in total. The lowest BCUT2D eigenvalue weighted by Gasteiger charge is -2.59. The average molecular weight is 528 g/mol. The summed E-state index contributed by atoms with van der Waals surface area (Å²) in [4.78, 5) is 28.5. The number of carbonyl (C=O) groups excluding carboxylic acids is 2. The summed E-state index contributed by atoms with van der Waals surface area (Å²) in [6.45, 7) is 13.6. The Labute approximate surface area is 228 Å². The molecule has 0 aromatic heterocycles. The summed E-state index contributed by atoms with van der Waals surface area (Å²) in [6.07, 6.45) is 13.8. The highest BCUT2D eigenvalue weighted by atomic mass is 32.1. The molecule has 0 aromatic carbocycles. The molecule has 1 saturated heterocycles. The van der Waals surface area contributed by atoms with Gasteiger partial charge in [-0.25, -0.2) is 0 Å². The first-order valence-corrected chi connectivity index (χ1v) is 14.3. The molecule has 0 aromatic rings. The van der Waals surface area contributed by atoms with E-state index in [1.165, 1.54) is 0 Å². The van der Waals surface area contributed by atoms with Crippen molar-refractivity contribution in [3.63, 3.8) is 0 Å². The summed E-state index contributed by atoms with van der Waals surface area (Å²) in [5, 5.41) is 21.9. The zero-order valence-electron chi connectivity index (χ0n) is 22.9. The van der Waals surface area contributed by atoms with Crippen LogP contribution >= 0.6 is 12.6 Å². The molecular formula is C31H45NO4S. The molecule has 37 heavy (non-hydrogen) atoms. The van der Waals surface area contributed by atoms with E-state index >= 15 is 0 Å². The predicted octanol–water partition coefficient (Wildman–Crippen LogP) is 4.77. The summed E-state index contributed by atoms with van der Waals surface area (Å²) in [6, 6.07) is 0. The van der Waals surface area contributed by atoms with E-state index < -0.39 is 18.1 Å². The second-order valence-corrected chi connectivity index (χ2v) is 13.2. The molecule has 5 unspecified atom stereocenters. The van der Waals surface area contributed by atoms with Gasteiger partial charge in [0.15, 0.2) is 11.6 Å². The van der Waals surface area contributed by atoms with E-state index in [2.05, 4.69) is 50.1 Å². The van der Waals surface area contributed by atoms with E-state index in [1.807, 2.05) is 19.1 Å². The molecule has 0 amide bonds. The summed E-state index contributed by atoms with van der Waals surface area (Å²) < 4.78 is 0. The van der Waals surface area contributed by atoms with Crippen molar-refractivity contribution in [1.29, 1.82) is 0 Å². The van der Waals surface area contributed by atoms with E-state index in [4.69, 9.17) is 0 Å². The molecule has 4 rings (SSSR count). The Balaban J connectivity index is 1.67. The van der Waals surface area contributed by atoms with Gasteiger partial charge in [0.1, 0.15) is 6.61 Å². The minimum atomic E-state index is -0.656. The van der Waals surface area contributed by atoms with Crippen molar-refractivity contribution in [3.05, 3.63) is 47.4 Å². The van der Waals surface area contributed by atoms with Gasteiger partial charge >= 0.3 is 0 Å².